The standard InChI is InChI=1S/C46H30N2O/c1-3-13-29(14-4-1)31-23-24-43-39(25-31)41-27-32(30-15-5-2-6-16-30)26-40(46(41)49-43)35-19-7-10-20-36(35)42-28-47-44-37-21-11-8-17-33(37)34-18-9-12-22-38(34)45(44)48-42/h1-28,42,48H. The van der Waals surface area contributed by atoms with E-state index < -0.39 is 0 Å². The molecule has 0 saturated carbocycles. The molecule has 1 aromatic heterocycles. The summed E-state index contributed by atoms with van der Waals surface area (Å²) in [5.74, 6) is 0. The van der Waals surface area contributed by atoms with E-state index >= 15 is 0 Å². The number of hydrogen-bond donors (Lipinski definition) is 1. The van der Waals surface area contributed by atoms with Crippen LogP contribution in [-0.2, 0) is 0 Å². The van der Waals surface area contributed by atoms with E-state index in [2.05, 4.69) is 175 Å². The van der Waals surface area contributed by atoms with Crippen molar-refractivity contribution >= 4 is 61.1 Å². The maximum Gasteiger partial charge on any atom is 0.143 e. The third-order valence-electron chi connectivity index (χ3n) is 9.93. The molecule has 1 N–H and O–H groups in total. The number of anilines is 1. The highest BCUT2D eigenvalue weighted by molar-refractivity contribution is 6.21. The molecule has 0 amide bonds. The maximum atomic E-state index is 6.77. The zero-order valence-corrected chi connectivity index (χ0v) is 26.6. The molecule has 2 heterocycles. The molecule has 0 bridgehead atoms. The van der Waals surface area contributed by atoms with Crippen molar-refractivity contribution in [3.63, 3.8) is 0 Å². The number of aliphatic imine (C=N–C) groups is 1. The number of hydrogen-bond acceptors (Lipinski definition) is 3. The largest absolute Gasteiger partial charge is 0.455 e. The van der Waals surface area contributed by atoms with Crippen LogP contribution >= 0.6 is 0 Å². The van der Waals surface area contributed by atoms with Crippen molar-refractivity contribution in [2.24, 2.45) is 4.99 Å². The van der Waals surface area contributed by atoms with Gasteiger partial charge in [0.1, 0.15) is 11.2 Å². The lowest BCUT2D eigenvalue weighted by Gasteiger charge is -2.26. The van der Waals surface area contributed by atoms with Crippen molar-refractivity contribution in [2.45, 2.75) is 6.04 Å². The first-order valence-electron chi connectivity index (χ1n) is 16.7. The van der Waals surface area contributed by atoms with Gasteiger partial charge in [-0.2, -0.15) is 0 Å². The van der Waals surface area contributed by atoms with Crippen LogP contribution in [0.5, 0.6) is 0 Å². The number of furan rings is 1. The van der Waals surface area contributed by atoms with Gasteiger partial charge in [-0.3, -0.25) is 4.99 Å². The second-order valence-corrected chi connectivity index (χ2v) is 12.7. The fraction of sp³-hybridized carbons (Fsp3) is 0.0217. The lowest BCUT2D eigenvalue weighted by Crippen LogP contribution is -2.16. The predicted octanol–water partition coefficient (Wildman–Crippen LogP) is 12.8. The van der Waals surface area contributed by atoms with Gasteiger partial charge in [0.25, 0.3) is 0 Å². The van der Waals surface area contributed by atoms with Crippen LogP contribution in [-0.4, -0.2) is 6.21 Å². The molecule has 0 saturated heterocycles. The number of nitrogens with zero attached hydrogens (tertiary/aromatic N) is 1. The Balaban J connectivity index is 1.18. The normalized spacial score (nSPS) is 14.0. The summed E-state index contributed by atoms with van der Waals surface area (Å²) in [5, 5.41) is 10.9. The average Bonchev–Trinajstić information content (AvgIpc) is 3.56. The highest BCUT2D eigenvalue weighted by Crippen LogP contribution is 2.47. The van der Waals surface area contributed by atoms with Crippen LogP contribution in [0.3, 0.4) is 0 Å². The molecule has 8 aromatic carbocycles. The van der Waals surface area contributed by atoms with E-state index in [1.165, 1.54) is 32.8 Å². The van der Waals surface area contributed by atoms with Crippen molar-refractivity contribution in [3.05, 3.63) is 169 Å². The molecule has 49 heavy (non-hydrogen) atoms. The Morgan fingerprint density at radius 2 is 1.06 bits per heavy atom. The number of benzene rings is 8. The predicted molar refractivity (Wildman–Crippen MR) is 206 cm³/mol. The Morgan fingerprint density at radius 1 is 0.449 bits per heavy atom. The molecule has 1 aliphatic rings. The monoisotopic (exact) mass is 626 g/mol. The molecule has 0 radical (unpaired) electrons. The second kappa shape index (κ2) is 11.1. The minimum Gasteiger partial charge on any atom is -0.455 e. The number of fused-ring (bicyclic) bond motifs is 9. The van der Waals surface area contributed by atoms with Crippen molar-refractivity contribution in [3.8, 4) is 33.4 Å². The Morgan fingerprint density at radius 3 is 1.84 bits per heavy atom. The molecule has 230 valence electrons. The summed E-state index contributed by atoms with van der Waals surface area (Å²) >= 11 is 0. The van der Waals surface area contributed by atoms with Crippen molar-refractivity contribution in [2.75, 3.05) is 5.32 Å². The van der Waals surface area contributed by atoms with Gasteiger partial charge in [-0.15, -0.1) is 0 Å². The van der Waals surface area contributed by atoms with Gasteiger partial charge in [-0.1, -0.05) is 140 Å². The van der Waals surface area contributed by atoms with Crippen LogP contribution in [0.25, 0.3) is 76.9 Å². The quantitative estimate of drug-likeness (QED) is 0.197. The van der Waals surface area contributed by atoms with E-state index in [1.807, 2.05) is 0 Å². The van der Waals surface area contributed by atoms with Gasteiger partial charge in [0.05, 0.1) is 17.4 Å². The second-order valence-electron chi connectivity index (χ2n) is 12.7. The van der Waals surface area contributed by atoms with Gasteiger partial charge < -0.3 is 9.73 Å². The minimum absolute atomic E-state index is 0.141. The van der Waals surface area contributed by atoms with E-state index in [0.29, 0.717) is 0 Å². The molecule has 0 aliphatic carbocycles. The minimum atomic E-state index is -0.141. The molecule has 3 nitrogen and oxygen atoms in total. The van der Waals surface area contributed by atoms with Gasteiger partial charge >= 0.3 is 0 Å². The van der Waals surface area contributed by atoms with Gasteiger partial charge in [0, 0.05) is 33.3 Å². The van der Waals surface area contributed by atoms with Gasteiger partial charge in [0.15, 0.2) is 0 Å². The zero-order valence-electron chi connectivity index (χ0n) is 26.6. The third-order valence-corrected chi connectivity index (χ3v) is 9.93. The van der Waals surface area contributed by atoms with Gasteiger partial charge in [-0.25, -0.2) is 0 Å². The molecule has 10 rings (SSSR count). The molecular weight excluding hydrogens is 597 g/mol. The Kier molecular flexibility index (Phi) is 6.25. The highest BCUT2D eigenvalue weighted by atomic mass is 16.3. The van der Waals surface area contributed by atoms with E-state index in [1.54, 1.807) is 0 Å². The van der Waals surface area contributed by atoms with Crippen molar-refractivity contribution in [1.82, 2.24) is 0 Å². The van der Waals surface area contributed by atoms with Crippen LogP contribution in [0.2, 0.25) is 0 Å². The molecule has 0 spiro atoms. The van der Waals surface area contributed by atoms with E-state index in [0.717, 1.165) is 61.0 Å². The molecule has 1 aliphatic heterocycles. The first kappa shape index (κ1) is 27.6. The smallest absolute Gasteiger partial charge is 0.143 e. The van der Waals surface area contributed by atoms with E-state index in [9.17, 15) is 0 Å². The highest BCUT2D eigenvalue weighted by Gasteiger charge is 2.25. The van der Waals surface area contributed by atoms with Crippen LogP contribution in [0.15, 0.2) is 173 Å². The van der Waals surface area contributed by atoms with Gasteiger partial charge in [0.2, 0.25) is 0 Å². The Bertz CT molecular complexity index is 2740. The van der Waals surface area contributed by atoms with Crippen LogP contribution in [0.1, 0.15) is 11.6 Å². The zero-order chi connectivity index (χ0) is 32.3. The van der Waals surface area contributed by atoms with Crippen LogP contribution in [0.4, 0.5) is 11.4 Å². The van der Waals surface area contributed by atoms with Crippen molar-refractivity contribution < 1.29 is 4.42 Å². The first-order chi connectivity index (χ1) is 24.3. The van der Waals surface area contributed by atoms with Crippen LogP contribution in [0, 0.1) is 0 Å². The fourth-order valence-electron chi connectivity index (χ4n) is 7.60. The van der Waals surface area contributed by atoms with Crippen molar-refractivity contribution in [1.29, 1.82) is 0 Å². The average molecular weight is 627 g/mol. The summed E-state index contributed by atoms with van der Waals surface area (Å²) in [6, 6.07) is 58.0. The number of rotatable bonds is 4. The lowest BCUT2D eigenvalue weighted by molar-refractivity contribution is 0.670. The summed E-state index contributed by atoms with van der Waals surface area (Å²) in [7, 11) is 0. The SMILES string of the molecule is C1=Nc2c(c3ccccc3c3ccccc23)NC1c1ccccc1-c1cc(-c2ccccc2)cc2c1oc1ccc(-c3ccccc3)cc12. The summed E-state index contributed by atoms with van der Waals surface area (Å²) in [6.07, 6.45) is 2.06. The summed E-state index contributed by atoms with van der Waals surface area (Å²) in [4.78, 5) is 5.15. The summed E-state index contributed by atoms with van der Waals surface area (Å²) in [5.41, 5.74) is 11.8. The molecule has 1 unspecified atom stereocenters. The summed E-state index contributed by atoms with van der Waals surface area (Å²) < 4.78 is 6.77. The third kappa shape index (κ3) is 4.47. The van der Waals surface area contributed by atoms with Crippen LogP contribution < -0.4 is 5.32 Å². The molecule has 0 fully saturated rings. The Labute approximate surface area is 283 Å². The molecule has 9 aromatic rings. The maximum absolute atomic E-state index is 6.77. The molecule has 1 atom stereocenters. The summed E-state index contributed by atoms with van der Waals surface area (Å²) in [6.45, 7) is 0. The van der Waals surface area contributed by atoms with E-state index in [4.69, 9.17) is 9.41 Å². The molecule has 3 heteroatoms. The van der Waals surface area contributed by atoms with Gasteiger partial charge in [-0.05, 0) is 68.4 Å². The number of nitrogens with one attached hydrogen (secondary N) is 1. The first-order valence-corrected chi connectivity index (χ1v) is 16.7. The topological polar surface area (TPSA) is 37.5 Å². The Hall–Kier alpha value is -6.45. The lowest BCUT2D eigenvalue weighted by atomic mass is 9.90. The molecular formula is C46H30N2O. The van der Waals surface area contributed by atoms with E-state index in [-0.39, 0.29) is 6.04 Å². The fourth-order valence-corrected chi connectivity index (χ4v) is 7.60.